The molecule has 126 valence electrons. The predicted octanol–water partition coefficient (Wildman–Crippen LogP) is 2.48. The number of morpholine rings is 1. The molecule has 8 nitrogen and oxygen atoms in total. The highest BCUT2D eigenvalue weighted by molar-refractivity contribution is 5.97. The van der Waals surface area contributed by atoms with Crippen LogP contribution in [-0.2, 0) is 4.74 Å². The fourth-order valence-electron chi connectivity index (χ4n) is 2.78. The number of fused-ring (bicyclic) bond motifs is 1. The lowest BCUT2D eigenvalue weighted by atomic mass is 10.2. The molecule has 1 atom stereocenters. The molecule has 0 bridgehead atoms. The summed E-state index contributed by atoms with van der Waals surface area (Å²) in [6, 6.07) is 3.11. The van der Waals surface area contributed by atoms with Crippen molar-refractivity contribution in [3.05, 3.63) is 35.9 Å². The molecule has 4 heterocycles. The summed E-state index contributed by atoms with van der Waals surface area (Å²) in [6.07, 6.45) is 1.58. The van der Waals surface area contributed by atoms with E-state index >= 15 is 0 Å². The van der Waals surface area contributed by atoms with Gasteiger partial charge in [0.1, 0.15) is 11.7 Å². The Balaban J connectivity index is 1.63. The molecule has 1 aliphatic heterocycles. The Labute approximate surface area is 137 Å². The Kier molecular flexibility index (Phi) is 3.61. The van der Waals surface area contributed by atoms with Gasteiger partial charge in [0, 0.05) is 24.6 Å². The van der Waals surface area contributed by atoms with E-state index in [1.807, 2.05) is 13.8 Å². The number of rotatable bonds is 3. The standard InChI is InChI=1S/C16H18N4O4/c1-9(2)14-18-19-15(24-14)12-8-22-6-4-20(12)16(21)11-7-13-10(17-11)3-5-23-13/h3,5,7,9,12,17H,4,6,8H2,1-2H3. The van der Waals surface area contributed by atoms with Gasteiger partial charge in [0.2, 0.25) is 11.8 Å². The first-order chi connectivity index (χ1) is 11.6. The monoisotopic (exact) mass is 330 g/mol. The van der Waals surface area contributed by atoms with Crippen LogP contribution in [0.5, 0.6) is 0 Å². The maximum absolute atomic E-state index is 12.9. The molecular weight excluding hydrogens is 312 g/mol. The van der Waals surface area contributed by atoms with Gasteiger partial charge in [0.05, 0.1) is 25.0 Å². The first-order valence-electron chi connectivity index (χ1n) is 7.91. The Morgan fingerprint density at radius 1 is 1.42 bits per heavy atom. The maximum Gasteiger partial charge on any atom is 0.271 e. The molecule has 1 N–H and O–H groups in total. The normalized spacial score (nSPS) is 18.6. The summed E-state index contributed by atoms with van der Waals surface area (Å²) in [4.78, 5) is 17.7. The number of carbonyl (C=O) groups excluding carboxylic acids is 1. The quantitative estimate of drug-likeness (QED) is 0.792. The minimum absolute atomic E-state index is 0.134. The minimum Gasteiger partial charge on any atom is -0.463 e. The van der Waals surface area contributed by atoms with Gasteiger partial charge in [0.15, 0.2) is 5.58 Å². The summed E-state index contributed by atoms with van der Waals surface area (Å²) in [7, 11) is 0. The number of hydrogen-bond acceptors (Lipinski definition) is 6. The molecule has 8 heteroatoms. The number of amides is 1. The summed E-state index contributed by atoms with van der Waals surface area (Å²) in [5.41, 5.74) is 1.92. The smallest absolute Gasteiger partial charge is 0.271 e. The van der Waals surface area contributed by atoms with Gasteiger partial charge >= 0.3 is 0 Å². The van der Waals surface area contributed by atoms with Gasteiger partial charge in [0.25, 0.3) is 5.91 Å². The highest BCUT2D eigenvalue weighted by Crippen LogP contribution is 2.27. The fourth-order valence-corrected chi connectivity index (χ4v) is 2.78. The number of H-pyrrole nitrogens is 1. The lowest BCUT2D eigenvalue weighted by molar-refractivity contribution is -0.0110. The summed E-state index contributed by atoms with van der Waals surface area (Å²) in [5.74, 6) is 0.955. The molecule has 3 aromatic rings. The van der Waals surface area contributed by atoms with Gasteiger partial charge in [-0.1, -0.05) is 13.8 Å². The number of nitrogens with one attached hydrogen (secondary N) is 1. The van der Waals surface area contributed by atoms with E-state index in [2.05, 4.69) is 15.2 Å². The Bertz CT molecular complexity index is 834. The zero-order chi connectivity index (χ0) is 16.7. The third-order valence-electron chi connectivity index (χ3n) is 4.09. The van der Waals surface area contributed by atoms with Crippen LogP contribution in [0.25, 0.3) is 11.1 Å². The average molecular weight is 330 g/mol. The van der Waals surface area contributed by atoms with Crippen LogP contribution >= 0.6 is 0 Å². The van der Waals surface area contributed by atoms with Crippen LogP contribution < -0.4 is 0 Å². The SMILES string of the molecule is CC(C)c1nnc(C2COCCN2C(=O)c2cc3occc3[nH]2)o1. The van der Waals surface area contributed by atoms with Gasteiger partial charge in [-0.15, -0.1) is 10.2 Å². The Morgan fingerprint density at radius 3 is 3.04 bits per heavy atom. The largest absolute Gasteiger partial charge is 0.463 e. The van der Waals surface area contributed by atoms with Crippen LogP contribution in [0.2, 0.25) is 0 Å². The number of hydrogen-bond donors (Lipinski definition) is 1. The molecule has 1 fully saturated rings. The number of aromatic nitrogens is 3. The first-order valence-corrected chi connectivity index (χ1v) is 7.91. The van der Waals surface area contributed by atoms with Gasteiger partial charge < -0.3 is 23.5 Å². The third-order valence-corrected chi connectivity index (χ3v) is 4.09. The molecule has 0 aromatic carbocycles. The third kappa shape index (κ3) is 2.48. The van der Waals surface area contributed by atoms with Gasteiger partial charge in [-0.25, -0.2) is 0 Å². The van der Waals surface area contributed by atoms with Crippen molar-refractivity contribution in [1.29, 1.82) is 0 Å². The van der Waals surface area contributed by atoms with Crippen molar-refractivity contribution in [1.82, 2.24) is 20.1 Å². The summed E-state index contributed by atoms with van der Waals surface area (Å²) >= 11 is 0. The number of ether oxygens (including phenoxy) is 1. The number of carbonyl (C=O) groups is 1. The van der Waals surface area contributed by atoms with Gasteiger partial charge in [-0.3, -0.25) is 4.79 Å². The van der Waals surface area contributed by atoms with E-state index < -0.39 is 0 Å². The van der Waals surface area contributed by atoms with E-state index in [0.717, 1.165) is 5.52 Å². The van der Waals surface area contributed by atoms with Crippen LogP contribution in [-0.4, -0.2) is 45.7 Å². The lowest BCUT2D eigenvalue weighted by Crippen LogP contribution is -2.43. The number of aromatic amines is 1. The molecule has 0 radical (unpaired) electrons. The van der Waals surface area contributed by atoms with Crippen molar-refractivity contribution in [2.45, 2.75) is 25.8 Å². The lowest BCUT2D eigenvalue weighted by Gasteiger charge is -2.33. The zero-order valence-corrected chi connectivity index (χ0v) is 13.5. The molecule has 3 aromatic heterocycles. The van der Waals surface area contributed by atoms with Crippen LogP contribution in [0.15, 0.2) is 27.2 Å². The zero-order valence-electron chi connectivity index (χ0n) is 13.5. The highest BCUT2D eigenvalue weighted by Gasteiger charge is 2.34. The van der Waals surface area contributed by atoms with Crippen LogP contribution in [0.3, 0.4) is 0 Å². The van der Waals surface area contributed by atoms with E-state index in [4.69, 9.17) is 13.6 Å². The molecule has 24 heavy (non-hydrogen) atoms. The second-order valence-corrected chi connectivity index (χ2v) is 6.10. The van der Waals surface area contributed by atoms with E-state index in [1.165, 1.54) is 0 Å². The van der Waals surface area contributed by atoms with E-state index in [9.17, 15) is 4.79 Å². The van der Waals surface area contributed by atoms with Crippen molar-refractivity contribution >= 4 is 17.0 Å². The molecule has 0 aliphatic carbocycles. The first kappa shape index (κ1) is 14.9. The van der Waals surface area contributed by atoms with Crippen LogP contribution in [0.4, 0.5) is 0 Å². The van der Waals surface area contributed by atoms with Crippen LogP contribution in [0, 0.1) is 0 Å². The van der Waals surface area contributed by atoms with E-state index in [1.54, 1.807) is 23.3 Å². The molecule has 0 spiro atoms. The maximum atomic E-state index is 12.9. The molecular formula is C16H18N4O4. The fraction of sp³-hybridized carbons (Fsp3) is 0.438. The van der Waals surface area contributed by atoms with Crippen molar-refractivity contribution in [2.24, 2.45) is 0 Å². The van der Waals surface area contributed by atoms with Gasteiger partial charge in [-0.05, 0) is 0 Å². The molecule has 1 amide bonds. The van der Waals surface area contributed by atoms with Gasteiger partial charge in [-0.2, -0.15) is 0 Å². The molecule has 1 saturated heterocycles. The van der Waals surface area contributed by atoms with E-state index in [-0.39, 0.29) is 17.9 Å². The second-order valence-electron chi connectivity index (χ2n) is 6.10. The summed E-state index contributed by atoms with van der Waals surface area (Å²) in [5, 5.41) is 8.15. The number of nitrogens with zero attached hydrogens (tertiary/aromatic N) is 3. The van der Waals surface area contributed by atoms with Crippen molar-refractivity contribution < 1.29 is 18.4 Å². The van der Waals surface area contributed by atoms with Crippen molar-refractivity contribution in [2.75, 3.05) is 19.8 Å². The Hall–Kier alpha value is -2.61. The molecule has 0 saturated carbocycles. The van der Waals surface area contributed by atoms with Crippen molar-refractivity contribution in [3.63, 3.8) is 0 Å². The topological polar surface area (TPSA) is 97.4 Å². The summed E-state index contributed by atoms with van der Waals surface area (Å²) < 4.78 is 16.5. The molecule has 1 unspecified atom stereocenters. The Morgan fingerprint density at radius 2 is 2.29 bits per heavy atom. The van der Waals surface area contributed by atoms with Crippen molar-refractivity contribution in [3.8, 4) is 0 Å². The molecule has 4 rings (SSSR count). The second kappa shape index (κ2) is 5.79. The molecule has 1 aliphatic rings. The number of furan rings is 1. The average Bonchev–Trinajstić information content (AvgIpc) is 3.29. The van der Waals surface area contributed by atoms with E-state index in [0.29, 0.717) is 42.8 Å². The minimum atomic E-state index is -0.388. The predicted molar refractivity (Wildman–Crippen MR) is 83.5 cm³/mol. The van der Waals surface area contributed by atoms with Crippen LogP contribution in [0.1, 0.15) is 48.1 Å². The highest BCUT2D eigenvalue weighted by atomic mass is 16.5. The summed E-state index contributed by atoms with van der Waals surface area (Å²) in [6.45, 7) is 5.23.